The molecule has 2 bridgehead atoms. The maximum Gasteiger partial charge on any atom is 0.259 e. The average Bonchev–Trinajstić information content (AvgIpc) is 3.25. The van der Waals surface area contributed by atoms with Crippen LogP contribution in [0.25, 0.3) is 11.5 Å². The second-order valence-corrected chi connectivity index (χ2v) is 6.33. The summed E-state index contributed by atoms with van der Waals surface area (Å²) in [5.74, 6) is 4.58. The Hall–Kier alpha value is -2.17. The Bertz CT molecular complexity index is 676. The second kappa shape index (κ2) is 5.55. The molecule has 2 aliphatic rings. The quantitative estimate of drug-likeness (QED) is 0.856. The van der Waals surface area contributed by atoms with E-state index in [1.165, 1.54) is 19.3 Å². The molecule has 22 heavy (non-hydrogen) atoms. The van der Waals surface area contributed by atoms with Crippen molar-refractivity contribution in [2.24, 2.45) is 17.8 Å². The summed E-state index contributed by atoms with van der Waals surface area (Å²) < 4.78 is 5.14. The van der Waals surface area contributed by atoms with E-state index in [0.717, 1.165) is 35.7 Å². The number of nitrogens with one attached hydrogen (secondary N) is 1. The molecule has 0 saturated heterocycles. The molecular weight excluding hydrogens is 276 g/mol. The lowest BCUT2D eigenvalue weighted by atomic mass is 9.91. The topological polar surface area (TPSA) is 63.8 Å². The minimum Gasteiger partial charge on any atom is -0.370 e. The lowest BCUT2D eigenvalue weighted by Crippen LogP contribution is -2.13. The molecule has 5 heteroatoms. The van der Waals surface area contributed by atoms with Crippen LogP contribution in [0.1, 0.15) is 25.1 Å². The molecule has 1 N–H and O–H groups in total. The predicted octanol–water partition coefficient (Wildman–Crippen LogP) is 3.45. The van der Waals surface area contributed by atoms with Crippen LogP contribution in [0.15, 0.2) is 35.0 Å². The van der Waals surface area contributed by atoms with Crippen LogP contribution in [0.5, 0.6) is 0 Å². The third-order valence-electron chi connectivity index (χ3n) is 4.78. The molecule has 0 spiro atoms. The van der Waals surface area contributed by atoms with Gasteiger partial charge in [0, 0.05) is 12.7 Å². The molecule has 0 amide bonds. The smallest absolute Gasteiger partial charge is 0.259 e. The van der Waals surface area contributed by atoms with E-state index < -0.39 is 0 Å². The lowest BCUT2D eigenvalue weighted by molar-refractivity contribution is 0.425. The number of anilines is 1. The molecule has 5 nitrogen and oxygen atoms in total. The van der Waals surface area contributed by atoms with Crippen molar-refractivity contribution in [2.75, 3.05) is 11.9 Å². The van der Waals surface area contributed by atoms with Gasteiger partial charge in [-0.15, -0.1) is 0 Å². The molecule has 0 aromatic carbocycles. The largest absolute Gasteiger partial charge is 0.370 e. The maximum atomic E-state index is 5.14. The van der Waals surface area contributed by atoms with Gasteiger partial charge in [-0.25, -0.2) is 4.98 Å². The molecule has 1 fully saturated rings. The highest BCUT2D eigenvalue weighted by atomic mass is 16.5. The summed E-state index contributed by atoms with van der Waals surface area (Å²) in [7, 11) is 0. The van der Waals surface area contributed by atoms with Crippen LogP contribution in [0.4, 0.5) is 5.82 Å². The molecule has 4 rings (SSSR count). The van der Waals surface area contributed by atoms with E-state index in [4.69, 9.17) is 4.52 Å². The van der Waals surface area contributed by atoms with Gasteiger partial charge in [0.05, 0.1) is 5.56 Å². The van der Waals surface area contributed by atoms with E-state index in [1.54, 1.807) is 13.1 Å². The maximum absolute atomic E-state index is 5.14. The fraction of sp³-hybridized carbons (Fsp3) is 0.471. The van der Waals surface area contributed by atoms with Crippen molar-refractivity contribution in [3.05, 3.63) is 36.3 Å². The SMILES string of the molecule is Cc1noc(-c2ccc(NCC[C@@H]3C[C@@H]4C=C[C@H]3C4)nc2)n1. The normalized spacial score (nSPS) is 25.8. The van der Waals surface area contributed by atoms with Crippen LogP contribution < -0.4 is 5.32 Å². The van der Waals surface area contributed by atoms with Crippen LogP contribution in [0.2, 0.25) is 0 Å². The Morgan fingerprint density at radius 1 is 1.27 bits per heavy atom. The summed E-state index contributed by atoms with van der Waals surface area (Å²) in [6.45, 7) is 2.79. The molecule has 1 saturated carbocycles. The summed E-state index contributed by atoms with van der Waals surface area (Å²) >= 11 is 0. The summed E-state index contributed by atoms with van der Waals surface area (Å²) in [5.41, 5.74) is 0.851. The minimum absolute atomic E-state index is 0.519. The molecule has 0 unspecified atom stereocenters. The zero-order valence-corrected chi connectivity index (χ0v) is 12.7. The van der Waals surface area contributed by atoms with Crippen molar-refractivity contribution in [1.82, 2.24) is 15.1 Å². The molecule has 2 aromatic heterocycles. The summed E-state index contributed by atoms with van der Waals surface area (Å²) in [6, 6.07) is 3.93. The van der Waals surface area contributed by atoms with Gasteiger partial charge >= 0.3 is 0 Å². The number of pyridine rings is 1. The fourth-order valence-electron chi connectivity index (χ4n) is 3.65. The third-order valence-corrected chi connectivity index (χ3v) is 4.78. The van der Waals surface area contributed by atoms with Crippen LogP contribution in [-0.2, 0) is 0 Å². The van der Waals surface area contributed by atoms with Gasteiger partial charge in [0.15, 0.2) is 5.82 Å². The van der Waals surface area contributed by atoms with Gasteiger partial charge < -0.3 is 9.84 Å². The van der Waals surface area contributed by atoms with Gasteiger partial charge in [0.1, 0.15) is 5.82 Å². The first-order valence-electron chi connectivity index (χ1n) is 7.97. The molecule has 2 aromatic rings. The average molecular weight is 296 g/mol. The molecule has 2 aliphatic carbocycles. The zero-order chi connectivity index (χ0) is 14.9. The van der Waals surface area contributed by atoms with Gasteiger partial charge in [-0.3, -0.25) is 0 Å². The van der Waals surface area contributed by atoms with Crippen LogP contribution in [0, 0.1) is 24.7 Å². The molecule has 114 valence electrons. The van der Waals surface area contributed by atoms with Crippen molar-refractivity contribution in [3.63, 3.8) is 0 Å². The third kappa shape index (κ3) is 2.63. The van der Waals surface area contributed by atoms with E-state index in [1.807, 2.05) is 12.1 Å². The van der Waals surface area contributed by atoms with Crippen molar-refractivity contribution in [1.29, 1.82) is 0 Å². The van der Waals surface area contributed by atoms with Gasteiger partial charge in [0.25, 0.3) is 5.89 Å². The molecule has 2 heterocycles. The van der Waals surface area contributed by atoms with E-state index in [-0.39, 0.29) is 0 Å². The summed E-state index contributed by atoms with van der Waals surface area (Å²) in [5, 5.41) is 7.21. The first-order valence-corrected chi connectivity index (χ1v) is 7.97. The summed E-state index contributed by atoms with van der Waals surface area (Å²) in [6.07, 6.45) is 10.5. The standard InChI is InChI=1S/C17H20N4O/c1-11-20-17(22-21-11)15-4-5-16(19-10-15)18-7-6-14-9-12-2-3-13(14)8-12/h2-5,10,12-14H,6-9H2,1H3,(H,18,19)/t12-,13+,14-/m1/s1. The Morgan fingerprint density at radius 2 is 2.23 bits per heavy atom. The van der Waals surface area contributed by atoms with Crippen molar-refractivity contribution >= 4 is 5.82 Å². The van der Waals surface area contributed by atoms with Gasteiger partial charge in [-0.1, -0.05) is 17.3 Å². The Morgan fingerprint density at radius 3 is 2.86 bits per heavy atom. The van der Waals surface area contributed by atoms with Crippen LogP contribution in [-0.4, -0.2) is 21.7 Å². The lowest BCUT2D eigenvalue weighted by Gasteiger charge is -2.18. The minimum atomic E-state index is 0.519. The van der Waals surface area contributed by atoms with E-state index >= 15 is 0 Å². The Kier molecular flexibility index (Phi) is 3.41. The van der Waals surface area contributed by atoms with Gasteiger partial charge in [0.2, 0.25) is 0 Å². The van der Waals surface area contributed by atoms with Gasteiger partial charge in [-0.2, -0.15) is 4.98 Å². The molecular formula is C17H20N4O. The number of fused-ring (bicyclic) bond motifs is 2. The van der Waals surface area contributed by atoms with Crippen molar-refractivity contribution in [2.45, 2.75) is 26.2 Å². The van der Waals surface area contributed by atoms with Crippen molar-refractivity contribution < 1.29 is 4.52 Å². The number of allylic oxidation sites excluding steroid dienone is 2. The van der Waals surface area contributed by atoms with E-state index in [0.29, 0.717) is 11.7 Å². The molecule has 3 atom stereocenters. The predicted molar refractivity (Wildman–Crippen MR) is 84.2 cm³/mol. The number of hydrogen-bond donors (Lipinski definition) is 1. The molecule has 0 aliphatic heterocycles. The number of nitrogens with zero attached hydrogens (tertiary/aromatic N) is 3. The fourth-order valence-corrected chi connectivity index (χ4v) is 3.65. The van der Waals surface area contributed by atoms with Crippen LogP contribution >= 0.6 is 0 Å². The summed E-state index contributed by atoms with van der Waals surface area (Å²) in [4.78, 5) is 8.63. The second-order valence-electron chi connectivity index (χ2n) is 6.33. The van der Waals surface area contributed by atoms with E-state index in [2.05, 4.69) is 32.6 Å². The Balaban J connectivity index is 1.31. The molecule has 0 radical (unpaired) electrons. The van der Waals surface area contributed by atoms with Crippen molar-refractivity contribution in [3.8, 4) is 11.5 Å². The first kappa shape index (κ1) is 13.5. The van der Waals surface area contributed by atoms with E-state index in [9.17, 15) is 0 Å². The number of hydrogen-bond acceptors (Lipinski definition) is 5. The highest BCUT2D eigenvalue weighted by Gasteiger charge is 2.34. The Labute approximate surface area is 129 Å². The highest BCUT2D eigenvalue weighted by molar-refractivity contribution is 5.53. The first-order chi connectivity index (χ1) is 10.8. The number of aromatic nitrogens is 3. The number of aryl methyl sites for hydroxylation is 1. The van der Waals surface area contributed by atoms with Gasteiger partial charge in [-0.05, 0) is 56.1 Å². The van der Waals surface area contributed by atoms with Crippen LogP contribution in [0.3, 0.4) is 0 Å². The zero-order valence-electron chi connectivity index (χ0n) is 12.7. The number of rotatable bonds is 5. The highest BCUT2D eigenvalue weighted by Crippen LogP contribution is 2.44. The monoisotopic (exact) mass is 296 g/mol.